The van der Waals surface area contributed by atoms with E-state index in [0.29, 0.717) is 11.3 Å². The van der Waals surface area contributed by atoms with E-state index in [1.54, 1.807) is 6.07 Å². The van der Waals surface area contributed by atoms with Gasteiger partial charge in [-0.15, -0.1) is 0 Å². The molecule has 0 aliphatic heterocycles. The molecule has 0 saturated heterocycles. The van der Waals surface area contributed by atoms with Crippen LogP contribution in [0.15, 0.2) is 42.5 Å². The third-order valence-electron chi connectivity index (χ3n) is 3.75. The van der Waals surface area contributed by atoms with E-state index in [0.717, 1.165) is 27.7 Å². The molecule has 0 aliphatic carbocycles. The van der Waals surface area contributed by atoms with Gasteiger partial charge in [-0.05, 0) is 36.8 Å². The second kappa shape index (κ2) is 4.46. The number of carbonyl (C=O) groups is 1. The number of nitrogens with one attached hydrogen (secondary N) is 2. The van der Waals surface area contributed by atoms with Crippen molar-refractivity contribution in [1.29, 1.82) is 0 Å². The molecule has 0 spiro atoms. The first kappa shape index (κ1) is 12.6. The van der Waals surface area contributed by atoms with Crippen LogP contribution in [0.1, 0.15) is 15.9 Å². The van der Waals surface area contributed by atoms with Crippen LogP contribution in [0.5, 0.6) is 0 Å². The number of imidazole rings is 1. The molecule has 0 aliphatic rings. The molecular weight excluding hydrogens is 278 g/mol. The number of aryl methyl sites for hydroxylation is 1. The highest BCUT2D eigenvalue weighted by molar-refractivity contribution is 6.02. The highest BCUT2D eigenvalue weighted by atomic mass is 16.4. The van der Waals surface area contributed by atoms with E-state index >= 15 is 0 Å². The minimum absolute atomic E-state index is 0.216. The van der Waals surface area contributed by atoms with Gasteiger partial charge in [0, 0.05) is 10.9 Å². The van der Waals surface area contributed by atoms with Crippen LogP contribution in [-0.4, -0.2) is 26.0 Å². The largest absolute Gasteiger partial charge is 0.478 e. The standard InChI is InChI=1S/C17H13N3O2/c1-9-6-11(17(21)22)15-13(7-9)19-16(20-15)14-8-10-4-2-3-5-12(10)18-14/h2-8,18H,1H3,(H,19,20)(H,21,22). The van der Waals surface area contributed by atoms with Crippen LogP contribution in [0, 0.1) is 6.92 Å². The highest BCUT2D eigenvalue weighted by Gasteiger charge is 2.15. The summed E-state index contributed by atoms with van der Waals surface area (Å²) in [6.45, 7) is 1.87. The molecule has 2 aromatic heterocycles. The Morgan fingerprint density at radius 2 is 1.91 bits per heavy atom. The lowest BCUT2D eigenvalue weighted by Gasteiger charge is -1.97. The highest BCUT2D eigenvalue weighted by Crippen LogP contribution is 2.26. The van der Waals surface area contributed by atoms with Gasteiger partial charge in [-0.3, -0.25) is 0 Å². The summed E-state index contributed by atoms with van der Waals surface area (Å²) < 4.78 is 0. The van der Waals surface area contributed by atoms with Gasteiger partial charge in [0.1, 0.15) is 5.52 Å². The molecule has 2 heterocycles. The van der Waals surface area contributed by atoms with Gasteiger partial charge >= 0.3 is 5.97 Å². The molecule has 108 valence electrons. The summed E-state index contributed by atoms with van der Waals surface area (Å²) in [5, 5.41) is 10.4. The second-order valence-corrected chi connectivity index (χ2v) is 5.37. The quantitative estimate of drug-likeness (QED) is 0.526. The maximum Gasteiger partial charge on any atom is 0.337 e. The molecule has 0 saturated carbocycles. The van der Waals surface area contributed by atoms with Gasteiger partial charge < -0.3 is 15.1 Å². The number of hydrogen-bond donors (Lipinski definition) is 3. The molecule has 5 heteroatoms. The summed E-state index contributed by atoms with van der Waals surface area (Å²) in [5.41, 5.74) is 4.17. The average molecular weight is 291 g/mol. The fraction of sp³-hybridized carbons (Fsp3) is 0.0588. The minimum Gasteiger partial charge on any atom is -0.478 e. The van der Waals surface area contributed by atoms with Gasteiger partial charge in [0.05, 0.1) is 16.8 Å². The van der Waals surface area contributed by atoms with Crippen molar-refractivity contribution in [3.8, 4) is 11.5 Å². The number of carboxylic acid groups (broad SMARTS) is 1. The van der Waals surface area contributed by atoms with E-state index < -0.39 is 5.97 Å². The summed E-state index contributed by atoms with van der Waals surface area (Å²) in [5.74, 6) is -0.331. The number of nitrogens with zero attached hydrogens (tertiary/aromatic N) is 1. The number of benzene rings is 2. The van der Waals surface area contributed by atoms with Crippen molar-refractivity contribution in [2.75, 3.05) is 0 Å². The molecule has 0 radical (unpaired) electrons. The summed E-state index contributed by atoms with van der Waals surface area (Å²) in [6, 6.07) is 13.5. The monoisotopic (exact) mass is 291 g/mol. The zero-order valence-electron chi connectivity index (χ0n) is 11.8. The maximum absolute atomic E-state index is 11.4. The Kier molecular flexibility index (Phi) is 2.56. The minimum atomic E-state index is -0.969. The van der Waals surface area contributed by atoms with E-state index in [1.807, 2.05) is 43.3 Å². The SMILES string of the molecule is Cc1cc(C(=O)O)c2nc(-c3cc4ccccc4[nH]3)[nH]c2c1. The first-order valence-electron chi connectivity index (χ1n) is 6.93. The Bertz CT molecular complexity index is 994. The van der Waals surface area contributed by atoms with Crippen molar-refractivity contribution < 1.29 is 9.90 Å². The number of aromatic nitrogens is 3. The van der Waals surface area contributed by atoms with Gasteiger partial charge in [-0.25, -0.2) is 9.78 Å². The van der Waals surface area contributed by atoms with Crippen molar-refractivity contribution in [3.63, 3.8) is 0 Å². The van der Waals surface area contributed by atoms with Crippen LogP contribution in [0.2, 0.25) is 0 Å². The predicted octanol–water partition coefficient (Wildman–Crippen LogP) is 3.72. The first-order valence-corrected chi connectivity index (χ1v) is 6.93. The maximum atomic E-state index is 11.4. The number of aromatic carboxylic acids is 1. The lowest BCUT2D eigenvalue weighted by molar-refractivity contribution is 0.0698. The normalized spacial score (nSPS) is 11.3. The van der Waals surface area contributed by atoms with Gasteiger partial charge in [0.25, 0.3) is 0 Å². The number of rotatable bonds is 2. The van der Waals surface area contributed by atoms with E-state index in [2.05, 4.69) is 15.0 Å². The number of carboxylic acids is 1. The van der Waals surface area contributed by atoms with Crippen molar-refractivity contribution >= 4 is 27.9 Å². The van der Waals surface area contributed by atoms with Crippen molar-refractivity contribution in [2.24, 2.45) is 0 Å². The van der Waals surface area contributed by atoms with Crippen LogP contribution < -0.4 is 0 Å². The Morgan fingerprint density at radius 3 is 2.68 bits per heavy atom. The van der Waals surface area contributed by atoms with E-state index in [1.165, 1.54) is 0 Å². The molecule has 0 amide bonds. The van der Waals surface area contributed by atoms with Gasteiger partial charge in [0.2, 0.25) is 0 Å². The Morgan fingerprint density at radius 1 is 1.09 bits per heavy atom. The average Bonchev–Trinajstić information content (AvgIpc) is 3.09. The summed E-state index contributed by atoms with van der Waals surface area (Å²) in [7, 11) is 0. The molecule has 0 bridgehead atoms. The van der Waals surface area contributed by atoms with Crippen LogP contribution in [0.4, 0.5) is 0 Å². The zero-order chi connectivity index (χ0) is 15.3. The topological polar surface area (TPSA) is 81.8 Å². The molecule has 22 heavy (non-hydrogen) atoms. The number of para-hydroxylation sites is 1. The summed E-state index contributed by atoms with van der Waals surface area (Å²) in [6.07, 6.45) is 0. The molecule has 2 aromatic carbocycles. The predicted molar refractivity (Wildman–Crippen MR) is 85.1 cm³/mol. The molecule has 0 atom stereocenters. The first-order chi connectivity index (χ1) is 10.6. The third kappa shape index (κ3) is 1.87. The van der Waals surface area contributed by atoms with Gasteiger partial charge in [-0.1, -0.05) is 18.2 Å². The summed E-state index contributed by atoms with van der Waals surface area (Å²) >= 11 is 0. The number of fused-ring (bicyclic) bond motifs is 2. The van der Waals surface area contributed by atoms with Crippen molar-refractivity contribution in [1.82, 2.24) is 15.0 Å². The van der Waals surface area contributed by atoms with Crippen LogP contribution in [0.3, 0.4) is 0 Å². The summed E-state index contributed by atoms with van der Waals surface area (Å²) in [4.78, 5) is 22.4. The number of aromatic amines is 2. The van der Waals surface area contributed by atoms with Crippen LogP contribution in [-0.2, 0) is 0 Å². The van der Waals surface area contributed by atoms with Crippen molar-refractivity contribution in [3.05, 3.63) is 53.6 Å². The van der Waals surface area contributed by atoms with Gasteiger partial charge in [0.15, 0.2) is 5.82 Å². The molecule has 3 N–H and O–H groups in total. The van der Waals surface area contributed by atoms with E-state index in [9.17, 15) is 9.90 Å². The number of hydrogen-bond acceptors (Lipinski definition) is 2. The fourth-order valence-electron chi connectivity index (χ4n) is 2.75. The van der Waals surface area contributed by atoms with E-state index in [4.69, 9.17) is 0 Å². The van der Waals surface area contributed by atoms with E-state index in [-0.39, 0.29) is 5.56 Å². The zero-order valence-corrected chi connectivity index (χ0v) is 11.8. The Hall–Kier alpha value is -3.08. The van der Waals surface area contributed by atoms with Gasteiger partial charge in [-0.2, -0.15) is 0 Å². The van der Waals surface area contributed by atoms with Crippen LogP contribution in [0.25, 0.3) is 33.5 Å². The lowest BCUT2D eigenvalue weighted by Crippen LogP contribution is -1.98. The lowest BCUT2D eigenvalue weighted by atomic mass is 10.1. The molecule has 0 fully saturated rings. The van der Waals surface area contributed by atoms with Crippen molar-refractivity contribution in [2.45, 2.75) is 6.92 Å². The smallest absolute Gasteiger partial charge is 0.337 e. The Balaban J connectivity index is 1.95. The molecular formula is C17H13N3O2. The van der Waals surface area contributed by atoms with Crippen LogP contribution >= 0.6 is 0 Å². The second-order valence-electron chi connectivity index (χ2n) is 5.37. The molecule has 0 unspecified atom stereocenters. The number of H-pyrrole nitrogens is 2. The fourth-order valence-corrected chi connectivity index (χ4v) is 2.75. The molecule has 5 nitrogen and oxygen atoms in total. The Labute approximate surface area is 125 Å². The molecule has 4 rings (SSSR count). The molecule has 4 aromatic rings. The third-order valence-corrected chi connectivity index (χ3v) is 3.75.